The van der Waals surface area contributed by atoms with Gasteiger partial charge in [0.15, 0.2) is 5.78 Å². The van der Waals surface area contributed by atoms with Crippen LogP contribution in [0.2, 0.25) is 0 Å². The Kier molecular flexibility index (Phi) is 5.87. The second kappa shape index (κ2) is 7.23. The van der Waals surface area contributed by atoms with Crippen LogP contribution in [0.5, 0.6) is 0 Å². The number of carbonyl (C=O) groups is 1. The number of aromatic nitrogens is 2. The number of nitrogens with one attached hydrogen (secondary N) is 1. The number of halogens is 1. The number of hydrogen-bond donors (Lipinski definition) is 1. The number of aromatic amines is 1. The van der Waals surface area contributed by atoms with Crippen LogP contribution in [0.15, 0.2) is 47.1 Å². The Morgan fingerprint density at radius 2 is 2.15 bits per heavy atom. The molecule has 3 aromatic rings. The normalized spacial score (nSPS) is 10.2. The number of carbonyl (C=O) groups excluding carboxylic acids is 1. The molecule has 0 aliphatic heterocycles. The first kappa shape index (κ1) is 16.2. The van der Waals surface area contributed by atoms with Crippen molar-refractivity contribution < 1.29 is 63.0 Å². The number of fused-ring (bicyclic) bond motifs is 1. The van der Waals surface area contributed by atoms with Gasteiger partial charge >= 0.3 is 58.2 Å². The van der Waals surface area contributed by atoms with Crippen molar-refractivity contribution in [1.82, 2.24) is 9.97 Å². The van der Waals surface area contributed by atoms with Crippen LogP contribution in [0.3, 0.4) is 0 Å². The summed E-state index contributed by atoms with van der Waals surface area (Å²) in [6.07, 6.45) is 4.95. The second-order valence-corrected chi connectivity index (χ2v) is 5.13. The summed E-state index contributed by atoms with van der Waals surface area (Å²) in [5, 5.41) is 0.970. The zero-order chi connectivity index (χ0) is 13.2. The number of hydrogen-bond acceptors (Lipinski definition) is 2. The number of pyridine rings is 1. The predicted octanol–water partition coefficient (Wildman–Crippen LogP) is 0.555. The quantitative estimate of drug-likeness (QED) is 0.517. The van der Waals surface area contributed by atoms with Crippen molar-refractivity contribution in [3.05, 3.63) is 64.4 Å². The Morgan fingerprint density at radius 3 is 2.95 bits per heavy atom. The number of H-pyrrole nitrogens is 1. The molecule has 1 aromatic carbocycles. The van der Waals surface area contributed by atoms with E-state index < -0.39 is 0 Å². The van der Waals surface area contributed by atoms with Gasteiger partial charge in [-0.25, -0.2) is 0 Å². The van der Waals surface area contributed by atoms with E-state index in [2.05, 4.69) is 32.1 Å². The minimum atomic E-state index is 0. The summed E-state index contributed by atoms with van der Waals surface area (Å²) in [4.78, 5) is 19.4. The van der Waals surface area contributed by atoms with E-state index in [-0.39, 0.29) is 64.0 Å². The van der Waals surface area contributed by atoms with Crippen LogP contribution in [-0.4, -0.2) is 15.8 Å². The molecule has 0 spiro atoms. The van der Waals surface area contributed by atoms with Crippen molar-refractivity contribution in [2.24, 2.45) is 0 Å². The fourth-order valence-corrected chi connectivity index (χ4v) is 2.49. The molecule has 0 radical (unpaired) electrons. The number of nitrogens with zero attached hydrogens (tertiary/aromatic N) is 1. The molecule has 0 saturated heterocycles. The summed E-state index contributed by atoms with van der Waals surface area (Å²) in [5.74, 6) is 0.0770. The van der Waals surface area contributed by atoms with E-state index >= 15 is 0 Å². The van der Waals surface area contributed by atoms with Crippen LogP contribution < -0.4 is 58.2 Å². The van der Waals surface area contributed by atoms with Crippen LogP contribution >= 0.6 is 15.9 Å². The van der Waals surface area contributed by atoms with E-state index in [0.29, 0.717) is 12.0 Å². The molecule has 0 amide bonds. The SMILES string of the molecule is O=C(Cc1cnc2[nH][c-]cc2c1)c1ccccc1Br.[Rb+]. The van der Waals surface area contributed by atoms with E-state index in [0.717, 1.165) is 21.1 Å². The molecule has 2 heterocycles. The van der Waals surface area contributed by atoms with Gasteiger partial charge in [0.25, 0.3) is 0 Å². The van der Waals surface area contributed by atoms with Gasteiger partial charge in [0.05, 0.1) is 0 Å². The van der Waals surface area contributed by atoms with Crippen LogP contribution in [0.1, 0.15) is 15.9 Å². The smallest absolute Gasteiger partial charge is 0.463 e. The molecule has 94 valence electrons. The van der Waals surface area contributed by atoms with Crippen LogP contribution in [0, 0.1) is 6.20 Å². The molecule has 0 atom stereocenters. The summed E-state index contributed by atoms with van der Waals surface area (Å²) >= 11 is 3.40. The largest absolute Gasteiger partial charge is 1.00 e. The third-order valence-corrected chi connectivity index (χ3v) is 3.62. The Balaban J connectivity index is 0.00000147. The van der Waals surface area contributed by atoms with Gasteiger partial charge in [-0.05, 0) is 17.3 Å². The summed E-state index contributed by atoms with van der Waals surface area (Å²) in [7, 11) is 0. The molecule has 0 fully saturated rings. The van der Waals surface area contributed by atoms with E-state index in [4.69, 9.17) is 0 Å². The van der Waals surface area contributed by atoms with E-state index in [1.807, 2.05) is 36.4 Å². The van der Waals surface area contributed by atoms with Gasteiger partial charge in [0.1, 0.15) is 0 Å². The number of Topliss-reactive ketones (excluding diaryl/α,β-unsaturated/α-hetero) is 1. The van der Waals surface area contributed by atoms with Crippen molar-refractivity contribution in [2.75, 3.05) is 0 Å². The molecular formula is C15H10BrN2ORb. The third kappa shape index (κ3) is 3.54. The van der Waals surface area contributed by atoms with Crippen molar-refractivity contribution in [2.45, 2.75) is 6.42 Å². The van der Waals surface area contributed by atoms with Crippen LogP contribution in [0.4, 0.5) is 0 Å². The Hall–Kier alpha value is -0.135. The van der Waals surface area contributed by atoms with Crippen molar-refractivity contribution in [3.8, 4) is 0 Å². The fraction of sp³-hybridized carbons (Fsp3) is 0.0667. The third-order valence-electron chi connectivity index (χ3n) is 2.93. The first-order valence-corrected chi connectivity index (χ1v) is 6.65. The maximum Gasteiger partial charge on any atom is 1.00 e. The Bertz CT molecular complexity index is 754. The maximum atomic E-state index is 12.2. The molecule has 0 saturated carbocycles. The molecule has 1 N–H and O–H groups in total. The Labute approximate surface area is 174 Å². The molecule has 0 unspecified atom stereocenters. The zero-order valence-corrected chi connectivity index (χ0v) is 17.5. The topological polar surface area (TPSA) is 45.8 Å². The first-order valence-electron chi connectivity index (χ1n) is 5.85. The minimum absolute atomic E-state index is 0. The van der Waals surface area contributed by atoms with E-state index in [1.165, 1.54) is 0 Å². The van der Waals surface area contributed by atoms with Gasteiger partial charge < -0.3 is 9.97 Å². The second-order valence-electron chi connectivity index (χ2n) is 4.27. The average Bonchev–Trinajstić information content (AvgIpc) is 2.86. The molecule has 5 heteroatoms. The predicted molar refractivity (Wildman–Crippen MR) is 77.1 cm³/mol. The number of ketones is 1. The van der Waals surface area contributed by atoms with E-state index in [9.17, 15) is 4.79 Å². The monoisotopic (exact) mass is 398 g/mol. The fourth-order valence-electron chi connectivity index (χ4n) is 1.99. The van der Waals surface area contributed by atoms with Crippen molar-refractivity contribution >= 4 is 32.7 Å². The van der Waals surface area contributed by atoms with Gasteiger partial charge in [-0.1, -0.05) is 34.1 Å². The zero-order valence-electron chi connectivity index (χ0n) is 11.0. The summed E-state index contributed by atoms with van der Waals surface area (Å²) in [5.41, 5.74) is 2.39. The first-order chi connectivity index (χ1) is 9.24. The molecule has 3 nitrogen and oxygen atoms in total. The van der Waals surface area contributed by atoms with Crippen molar-refractivity contribution in [3.63, 3.8) is 0 Å². The number of benzene rings is 1. The molecule has 3 rings (SSSR count). The van der Waals surface area contributed by atoms with Gasteiger partial charge in [0.2, 0.25) is 0 Å². The maximum absolute atomic E-state index is 12.2. The summed E-state index contributed by atoms with van der Waals surface area (Å²) in [6.45, 7) is 0. The standard InChI is InChI=1S/C15H10BrN2O.Rb/c16-13-4-2-1-3-12(13)14(19)8-10-7-11-5-6-17-15(11)18-9-10;/h1-5,7,9H,8H2,(H,17,18);/q-1;+1. The van der Waals surface area contributed by atoms with Gasteiger partial charge in [-0.3, -0.25) is 4.79 Å². The average molecular weight is 400 g/mol. The minimum Gasteiger partial charge on any atom is -0.463 e. The van der Waals surface area contributed by atoms with Crippen LogP contribution in [-0.2, 0) is 6.42 Å². The van der Waals surface area contributed by atoms with Gasteiger partial charge in [-0.2, -0.15) is 6.07 Å². The molecule has 0 aliphatic carbocycles. The summed E-state index contributed by atoms with van der Waals surface area (Å²) < 4.78 is 0.823. The molecular weight excluding hydrogens is 390 g/mol. The number of rotatable bonds is 3. The molecule has 20 heavy (non-hydrogen) atoms. The summed E-state index contributed by atoms with van der Waals surface area (Å²) in [6, 6.07) is 11.2. The van der Waals surface area contributed by atoms with E-state index in [1.54, 1.807) is 6.20 Å². The van der Waals surface area contributed by atoms with Crippen LogP contribution in [0.25, 0.3) is 11.0 Å². The van der Waals surface area contributed by atoms with Gasteiger partial charge in [0, 0.05) is 22.7 Å². The molecule has 0 bridgehead atoms. The van der Waals surface area contributed by atoms with Crippen molar-refractivity contribution in [1.29, 1.82) is 0 Å². The molecule has 2 aromatic heterocycles. The van der Waals surface area contributed by atoms with Gasteiger partial charge in [-0.15, -0.1) is 17.6 Å². The molecule has 0 aliphatic rings. The Morgan fingerprint density at radius 1 is 1.35 bits per heavy atom.